The monoisotopic (exact) mass is 322 g/mol. The first-order valence-corrected chi connectivity index (χ1v) is 7.66. The smallest absolute Gasteiger partial charge is 0.329 e. The predicted molar refractivity (Wildman–Crippen MR) is 80.1 cm³/mol. The molecule has 0 aliphatic heterocycles. The first kappa shape index (κ1) is 14.7. The summed E-state index contributed by atoms with van der Waals surface area (Å²) in [6.07, 6.45) is 0.910. The summed E-state index contributed by atoms with van der Waals surface area (Å²) in [6.45, 7) is 3.00. The Morgan fingerprint density at radius 1 is 1.45 bits per heavy atom. The molecule has 0 fully saturated rings. The normalized spacial score (nSPS) is 11.3. The highest BCUT2D eigenvalue weighted by Crippen LogP contribution is 2.15. The van der Waals surface area contributed by atoms with Gasteiger partial charge in [-0.1, -0.05) is 12.1 Å². The second kappa shape index (κ2) is 6.24. The van der Waals surface area contributed by atoms with Crippen molar-refractivity contribution in [3.63, 3.8) is 0 Å². The van der Waals surface area contributed by atoms with Gasteiger partial charge in [0.15, 0.2) is 5.82 Å². The minimum Gasteiger partial charge on any atom is -0.373 e. The summed E-state index contributed by atoms with van der Waals surface area (Å²) < 4.78 is 12.3. The van der Waals surface area contributed by atoms with Gasteiger partial charge in [0, 0.05) is 6.61 Å². The third-order valence-electron chi connectivity index (χ3n) is 2.99. The number of nitrogens with one attached hydrogen (secondary N) is 1. The zero-order valence-electron chi connectivity index (χ0n) is 11.9. The maximum absolute atomic E-state index is 12.0. The number of thiophene rings is 1. The van der Waals surface area contributed by atoms with Crippen molar-refractivity contribution in [3.05, 3.63) is 44.0 Å². The molecule has 0 unspecified atom stereocenters. The molecule has 0 bridgehead atoms. The summed E-state index contributed by atoms with van der Waals surface area (Å²) in [6, 6.07) is 1.72. The Hall–Kier alpha value is -2.26. The highest BCUT2D eigenvalue weighted by molar-refractivity contribution is 7.17. The van der Waals surface area contributed by atoms with E-state index >= 15 is 0 Å². The second-order valence-electron chi connectivity index (χ2n) is 4.64. The van der Waals surface area contributed by atoms with Crippen molar-refractivity contribution in [2.75, 3.05) is 6.61 Å². The third-order valence-corrected chi connectivity index (χ3v) is 3.89. The maximum Gasteiger partial charge on any atom is 0.329 e. The van der Waals surface area contributed by atoms with Gasteiger partial charge in [-0.15, -0.1) is 11.3 Å². The van der Waals surface area contributed by atoms with Crippen molar-refractivity contribution in [2.45, 2.75) is 26.5 Å². The topological polar surface area (TPSA) is 103 Å². The van der Waals surface area contributed by atoms with Gasteiger partial charge in [0.1, 0.15) is 17.9 Å². The van der Waals surface area contributed by atoms with E-state index in [-0.39, 0.29) is 24.6 Å². The second-order valence-corrected chi connectivity index (χ2v) is 5.55. The van der Waals surface area contributed by atoms with Crippen molar-refractivity contribution in [1.82, 2.24) is 19.7 Å². The Bertz CT molecular complexity index is 891. The molecule has 22 heavy (non-hydrogen) atoms. The van der Waals surface area contributed by atoms with Gasteiger partial charge < -0.3 is 9.26 Å². The first-order valence-electron chi connectivity index (χ1n) is 6.78. The SMILES string of the molecule is CCCOCc1noc(Cn2c(=O)[nH]c(=O)c3sccc32)n1. The van der Waals surface area contributed by atoms with E-state index in [2.05, 4.69) is 15.1 Å². The lowest BCUT2D eigenvalue weighted by Crippen LogP contribution is -2.30. The van der Waals surface area contributed by atoms with Crippen LogP contribution in [0, 0.1) is 0 Å². The van der Waals surface area contributed by atoms with Gasteiger partial charge in [-0.05, 0) is 17.9 Å². The summed E-state index contributed by atoms with van der Waals surface area (Å²) in [4.78, 5) is 30.1. The third kappa shape index (κ3) is 2.85. The van der Waals surface area contributed by atoms with Crippen molar-refractivity contribution in [1.29, 1.82) is 0 Å². The molecule has 8 nitrogen and oxygen atoms in total. The van der Waals surface area contributed by atoms with Crippen LogP contribution in [0.25, 0.3) is 10.2 Å². The van der Waals surface area contributed by atoms with E-state index in [1.54, 1.807) is 11.4 Å². The standard InChI is InChI=1S/C13H14N4O4S/c1-2-4-20-7-9-14-10(21-16-9)6-17-8-3-5-22-11(8)12(18)15-13(17)19/h3,5H,2,4,6-7H2,1H3,(H,15,18,19). The molecule has 0 amide bonds. The molecule has 0 aliphatic rings. The molecule has 3 heterocycles. The molecule has 0 atom stereocenters. The fourth-order valence-electron chi connectivity index (χ4n) is 2.03. The summed E-state index contributed by atoms with van der Waals surface area (Å²) in [5.74, 6) is 0.722. The summed E-state index contributed by atoms with van der Waals surface area (Å²) in [5.41, 5.74) is -0.330. The average Bonchev–Trinajstić information content (AvgIpc) is 3.13. The van der Waals surface area contributed by atoms with Crippen LogP contribution in [0.5, 0.6) is 0 Å². The predicted octanol–water partition coefficient (Wildman–Crippen LogP) is 1.11. The van der Waals surface area contributed by atoms with Crippen LogP contribution in [0.3, 0.4) is 0 Å². The van der Waals surface area contributed by atoms with E-state index in [1.165, 1.54) is 15.9 Å². The molecule has 0 spiro atoms. The molecule has 3 aromatic heterocycles. The van der Waals surface area contributed by atoms with Crippen molar-refractivity contribution in [2.24, 2.45) is 0 Å². The Balaban J connectivity index is 1.86. The van der Waals surface area contributed by atoms with E-state index in [4.69, 9.17) is 9.26 Å². The van der Waals surface area contributed by atoms with Crippen LogP contribution in [-0.4, -0.2) is 26.3 Å². The van der Waals surface area contributed by atoms with E-state index in [9.17, 15) is 9.59 Å². The van der Waals surface area contributed by atoms with E-state index in [0.29, 0.717) is 22.6 Å². The number of nitrogens with zero attached hydrogens (tertiary/aromatic N) is 3. The minimum absolute atomic E-state index is 0.101. The van der Waals surface area contributed by atoms with Crippen molar-refractivity contribution < 1.29 is 9.26 Å². The van der Waals surface area contributed by atoms with Crippen LogP contribution < -0.4 is 11.2 Å². The first-order chi connectivity index (χ1) is 10.7. The number of rotatable bonds is 6. The Labute approximate surface area is 128 Å². The average molecular weight is 322 g/mol. The van der Waals surface area contributed by atoms with Crippen molar-refractivity contribution in [3.8, 4) is 0 Å². The van der Waals surface area contributed by atoms with Gasteiger partial charge >= 0.3 is 5.69 Å². The summed E-state index contributed by atoms with van der Waals surface area (Å²) >= 11 is 1.28. The van der Waals surface area contributed by atoms with Crippen molar-refractivity contribution >= 4 is 21.6 Å². The molecule has 9 heteroatoms. The van der Waals surface area contributed by atoms with Gasteiger partial charge in [-0.25, -0.2) is 4.79 Å². The van der Waals surface area contributed by atoms with E-state index < -0.39 is 5.69 Å². The molecule has 3 rings (SSSR count). The Morgan fingerprint density at radius 3 is 3.14 bits per heavy atom. The highest BCUT2D eigenvalue weighted by atomic mass is 32.1. The van der Waals surface area contributed by atoms with Gasteiger partial charge in [0.25, 0.3) is 5.56 Å². The van der Waals surface area contributed by atoms with Crippen LogP contribution in [-0.2, 0) is 17.9 Å². The molecular weight excluding hydrogens is 308 g/mol. The molecule has 3 aromatic rings. The van der Waals surface area contributed by atoms with Gasteiger partial charge in [0.05, 0.1) is 5.52 Å². The number of H-pyrrole nitrogens is 1. The van der Waals surface area contributed by atoms with Gasteiger partial charge in [-0.2, -0.15) is 4.98 Å². The molecule has 0 aromatic carbocycles. The summed E-state index contributed by atoms with van der Waals surface area (Å²) in [5, 5.41) is 5.56. The highest BCUT2D eigenvalue weighted by Gasteiger charge is 2.13. The number of aromatic nitrogens is 4. The quantitative estimate of drug-likeness (QED) is 0.682. The van der Waals surface area contributed by atoms with E-state index in [0.717, 1.165) is 6.42 Å². The molecular formula is C13H14N4O4S. The fourth-order valence-corrected chi connectivity index (χ4v) is 2.82. The van der Waals surface area contributed by atoms with Gasteiger partial charge in [-0.3, -0.25) is 14.3 Å². The van der Waals surface area contributed by atoms with Crippen LogP contribution in [0.2, 0.25) is 0 Å². The molecule has 0 radical (unpaired) electrons. The maximum atomic E-state index is 12.0. The molecule has 0 aliphatic carbocycles. The molecule has 1 N–H and O–H groups in total. The number of hydrogen-bond acceptors (Lipinski definition) is 7. The minimum atomic E-state index is -0.502. The Morgan fingerprint density at radius 2 is 2.32 bits per heavy atom. The number of ether oxygens (including phenoxy) is 1. The fraction of sp³-hybridized carbons (Fsp3) is 0.385. The zero-order chi connectivity index (χ0) is 15.5. The van der Waals surface area contributed by atoms with Crippen LogP contribution in [0.1, 0.15) is 25.1 Å². The van der Waals surface area contributed by atoms with Crippen LogP contribution >= 0.6 is 11.3 Å². The number of fused-ring (bicyclic) bond motifs is 1. The lowest BCUT2D eigenvalue weighted by Gasteiger charge is -2.02. The van der Waals surface area contributed by atoms with Crippen LogP contribution in [0.15, 0.2) is 25.6 Å². The lowest BCUT2D eigenvalue weighted by molar-refractivity contribution is 0.114. The number of hydrogen-bond donors (Lipinski definition) is 1. The summed E-state index contributed by atoms with van der Waals surface area (Å²) in [7, 11) is 0. The lowest BCUT2D eigenvalue weighted by atomic mass is 10.4. The molecule has 116 valence electrons. The Kier molecular flexibility index (Phi) is 4.16. The zero-order valence-corrected chi connectivity index (χ0v) is 12.7. The van der Waals surface area contributed by atoms with E-state index in [1.807, 2.05) is 6.92 Å². The van der Waals surface area contributed by atoms with Gasteiger partial charge in [0.2, 0.25) is 5.89 Å². The number of aromatic amines is 1. The largest absolute Gasteiger partial charge is 0.373 e. The molecule has 0 saturated carbocycles. The van der Waals surface area contributed by atoms with Crippen LogP contribution in [0.4, 0.5) is 0 Å². The molecule has 0 saturated heterocycles.